The van der Waals surface area contributed by atoms with E-state index < -0.39 is 0 Å². The van der Waals surface area contributed by atoms with Gasteiger partial charge in [0.2, 0.25) is 5.91 Å². The Morgan fingerprint density at radius 3 is 2.97 bits per heavy atom. The van der Waals surface area contributed by atoms with E-state index in [1.54, 1.807) is 18.2 Å². The summed E-state index contributed by atoms with van der Waals surface area (Å²) in [5.74, 6) is 0.115. The summed E-state index contributed by atoms with van der Waals surface area (Å²) in [7, 11) is 0. The van der Waals surface area contributed by atoms with Gasteiger partial charge < -0.3 is 15.4 Å². The number of nitrogens with one attached hydrogen (secondary N) is 2. The van der Waals surface area contributed by atoms with Gasteiger partial charge in [0.05, 0.1) is 0 Å². The number of carbonyl (C=O) groups excluding carboxylic acids is 2. The van der Waals surface area contributed by atoms with Crippen LogP contribution < -0.4 is 15.4 Å². The monoisotopic (exact) mass is 445 g/mol. The lowest BCUT2D eigenvalue weighted by molar-refractivity contribution is -0.124. The number of amides is 2. The number of rotatable bonds is 6. The van der Waals surface area contributed by atoms with Gasteiger partial charge in [0.1, 0.15) is 11.6 Å². The molecule has 31 heavy (non-hydrogen) atoms. The van der Waals surface area contributed by atoms with Gasteiger partial charge in [-0.05, 0) is 67.3 Å². The molecule has 1 atom stereocenters. The highest BCUT2D eigenvalue weighted by molar-refractivity contribution is 6.31. The van der Waals surface area contributed by atoms with Crippen molar-refractivity contribution in [3.63, 3.8) is 0 Å². The van der Waals surface area contributed by atoms with E-state index in [0.717, 1.165) is 36.2 Å². The lowest BCUT2D eigenvalue weighted by Gasteiger charge is -2.33. The summed E-state index contributed by atoms with van der Waals surface area (Å²) in [5.41, 5.74) is 2.69. The molecule has 2 amide bonds. The summed E-state index contributed by atoms with van der Waals surface area (Å²) in [5, 5.41) is 6.29. The topological polar surface area (TPSA) is 70.7 Å². The van der Waals surface area contributed by atoms with Crippen LogP contribution >= 0.6 is 11.6 Å². The van der Waals surface area contributed by atoms with Gasteiger partial charge in [-0.2, -0.15) is 0 Å². The van der Waals surface area contributed by atoms with Crippen LogP contribution in [0.25, 0.3) is 0 Å². The number of anilines is 1. The van der Waals surface area contributed by atoms with Crippen molar-refractivity contribution in [2.24, 2.45) is 0 Å². The van der Waals surface area contributed by atoms with Crippen LogP contribution in [0.3, 0.4) is 0 Å². The Morgan fingerprint density at radius 1 is 1.26 bits per heavy atom. The molecule has 0 radical (unpaired) electrons. The molecule has 1 unspecified atom stereocenters. The summed E-state index contributed by atoms with van der Waals surface area (Å²) >= 11 is 6.15. The summed E-state index contributed by atoms with van der Waals surface area (Å²) < 4.78 is 18.9. The van der Waals surface area contributed by atoms with Gasteiger partial charge in [-0.25, -0.2) is 4.39 Å². The van der Waals surface area contributed by atoms with Crippen LogP contribution in [-0.4, -0.2) is 42.5 Å². The van der Waals surface area contributed by atoms with Crippen LogP contribution in [0.4, 0.5) is 10.1 Å². The van der Waals surface area contributed by atoms with E-state index in [1.165, 1.54) is 12.1 Å². The molecule has 2 heterocycles. The number of fused-ring (bicyclic) bond motifs is 1. The summed E-state index contributed by atoms with van der Waals surface area (Å²) in [6, 6.07) is 9.91. The Bertz CT molecular complexity index is 985. The van der Waals surface area contributed by atoms with Crippen molar-refractivity contribution in [1.29, 1.82) is 0 Å². The molecule has 2 aliphatic rings. The molecule has 164 valence electrons. The zero-order chi connectivity index (χ0) is 21.8. The number of hydrogen-bond acceptors (Lipinski definition) is 4. The van der Waals surface area contributed by atoms with Gasteiger partial charge in [0.25, 0.3) is 5.91 Å². The van der Waals surface area contributed by atoms with Crippen molar-refractivity contribution < 1.29 is 18.7 Å². The van der Waals surface area contributed by atoms with Crippen LogP contribution in [0, 0.1) is 5.82 Å². The molecule has 1 saturated heterocycles. The Labute approximate surface area is 185 Å². The number of nitrogens with zero attached hydrogens (tertiary/aromatic N) is 1. The summed E-state index contributed by atoms with van der Waals surface area (Å²) in [4.78, 5) is 26.1. The van der Waals surface area contributed by atoms with Crippen molar-refractivity contribution in [2.75, 3.05) is 25.0 Å². The Balaban J connectivity index is 1.26. The molecule has 0 spiro atoms. The number of halogens is 2. The van der Waals surface area contributed by atoms with E-state index >= 15 is 0 Å². The van der Waals surface area contributed by atoms with E-state index in [-0.39, 0.29) is 30.3 Å². The van der Waals surface area contributed by atoms with Gasteiger partial charge in [-0.1, -0.05) is 17.7 Å². The van der Waals surface area contributed by atoms with E-state index in [1.807, 2.05) is 6.07 Å². The lowest BCUT2D eigenvalue weighted by atomic mass is 10.0. The fraction of sp³-hybridized carbons (Fsp3) is 0.391. The van der Waals surface area contributed by atoms with Crippen LogP contribution in [-0.2, 0) is 22.6 Å². The van der Waals surface area contributed by atoms with Gasteiger partial charge in [0.15, 0.2) is 6.61 Å². The minimum absolute atomic E-state index is 0.0174. The van der Waals surface area contributed by atoms with Crippen LogP contribution in [0.1, 0.15) is 30.4 Å². The molecular formula is C23H25ClFN3O3. The maximum absolute atomic E-state index is 13.3. The first-order valence-electron chi connectivity index (χ1n) is 10.5. The second kappa shape index (κ2) is 9.66. The standard InChI is InChI=1S/C23H25ClFN3O3/c24-20-11-17(25)5-3-16(20)12-28-9-1-2-18(13-28)26-23(30)14-31-19-6-7-21-15(10-19)4-8-22(29)27-21/h3,5-7,10-11,18H,1-2,4,8-9,12-14H2,(H,26,30)(H,27,29). The normalized spacial score (nSPS) is 18.8. The van der Waals surface area contributed by atoms with E-state index in [9.17, 15) is 14.0 Å². The second-order valence-electron chi connectivity index (χ2n) is 8.03. The summed E-state index contributed by atoms with van der Waals surface area (Å²) in [6.07, 6.45) is 2.98. The van der Waals surface area contributed by atoms with Gasteiger partial charge in [-0.15, -0.1) is 0 Å². The highest BCUT2D eigenvalue weighted by Crippen LogP contribution is 2.27. The number of hydrogen-bond donors (Lipinski definition) is 2. The van der Waals surface area contributed by atoms with Crippen molar-refractivity contribution in [3.8, 4) is 5.75 Å². The molecule has 0 bridgehead atoms. The molecule has 2 aromatic rings. The highest BCUT2D eigenvalue weighted by atomic mass is 35.5. The molecule has 4 rings (SSSR count). The minimum atomic E-state index is -0.346. The molecule has 0 saturated carbocycles. The van der Waals surface area contributed by atoms with Crippen LogP contribution in [0.15, 0.2) is 36.4 Å². The average Bonchev–Trinajstić information content (AvgIpc) is 2.74. The number of aryl methyl sites for hydroxylation is 1. The molecule has 2 N–H and O–H groups in total. The SMILES string of the molecule is O=C1CCc2cc(OCC(=O)NC3CCCN(Cc4ccc(F)cc4Cl)C3)ccc2N1. The molecule has 0 aromatic heterocycles. The number of carbonyl (C=O) groups is 2. The first kappa shape index (κ1) is 21.6. The lowest BCUT2D eigenvalue weighted by Crippen LogP contribution is -2.48. The Hall–Kier alpha value is -2.64. The Morgan fingerprint density at radius 2 is 2.13 bits per heavy atom. The third kappa shape index (κ3) is 5.74. The number of benzene rings is 2. The molecule has 1 fully saturated rings. The first-order valence-corrected chi connectivity index (χ1v) is 10.9. The molecule has 6 nitrogen and oxygen atoms in total. The van der Waals surface area contributed by atoms with E-state index in [4.69, 9.17) is 16.3 Å². The maximum atomic E-state index is 13.3. The maximum Gasteiger partial charge on any atom is 0.258 e. The van der Waals surface area contributed by atoms with E-state index in [2.05, 4.69) is 15.5 Å². The number of likely N-dealkylation sites (tertiary alicyclic amines) is 1. The van der Waals surface area contributed by atoms with Crippen LogP contribution in [0.5, 0.6) is 5.75 Å². The van der Waals surface area contributed by atoms with Crippen molar-refractivity contribution in [2.45, 2.75) is 38.3 Å². The summed E-state index contributed by atoms with van der Waals surface area (Å²) in [6.45, 7) is 2.17. The predicted octanol–water partition coefficient (Wildman–Crippen LogP) is 3.52. The van der Waals surface area contributed by atoms with E-state index in [0.29, 0.717) is 36.7 Å². The molecule has 0 aliphatic carbocycles. The fourth-order valence-electron chi connectivity index (χ4n) is 4.08. The van der Waals surface area contributed by atoms with Crippen molar-refractivity contribution >= 4 is 29.1 Å². The number of piperidine rings is 1. The zero-order valence-electron chi connectivity index (χ0n) is 17.1. The third-order valence-corrected chi connectivity index (χ3v) is 5.97. The Kier molecular flexibility index (Phi) is 6.73. The first-order chi connectivity index (χ1) is 15.0. The molecule has 8 heteroatoms. The largest absolute Gasteiger partial charge is 0.484 e. The number of ether oxygens (including phenoxy) is 1. The molecular weight excluding hydrogens is 421 g/mol. The average molecular weight is 446 g/mol. The predicted molar refractivity (Wildman–Crippen MR) is 117 cm³/mol. The molecule has 2 aliphatic heterocycles. The van der Waals surface area contributed by atoms with Gasteiger partial charge >= 0.3 is 0 Å². The zero-order valence-corrected chi connectivity index (χ0v) is 17.9. The smallest absolute Gasteiger partial charge is 0.258 e. The minimum Gasteiger partial charge on any atom is -0.484 e. The van der Waals surface area contributed by atoms with Crippen LogP contribution in [0.2, 0.25) is 5.02 Å². The van der Waals surface area contributed by atoms with Crippen molar-refractivity contribution in [3.05, 3.63) is 58.4 Å². The van der Waals surface area contributed by atoms with Gasteiger partial charge in [-0.3, -0.25) is 14.5 Å². The fourth-order valence-corrected chi connectivity index (χ4v) is 4.30. The molecule has 2 aromatic carbocycles. The van der Waals surface area contributed by atoms with Gasteiger partial charge in [0, 0.05) is 36.3 Å². The quantitative estimate of drug-likeness (QED) is 0.713. The second-order valence-corrected chi connectivity index (χ2v) is 8.44. The van der Waals surface area contributed by atoms with Crippen molar-refractivity contribution in [1.82, 2.24) is 10.2 Å². The third-order valence-electron chi connectivity index (χ3n) is 5.62. The highest BCUT2D eigenvalue weighted by Gasteiger charge is 2.22.